The number of aromatic nitrogens is 3. The van der Waals surface area contributed by atoms with Crippen LogP contribution in [0.15, 0.2) is 73.3 Å². The molecule has 0 atom stereocenters. The van der Waals surface area contributed by atoms with Crippen molar-refractivity contribution >= 4 is 11.6 Å². The molecule has 1 aliphatic heterocycles. The van der Waals surface area contributed by atoms with E-state index >= 15 is 0 Å². The fraction of sp³-hybridized carbons (Fsp3) is 0.227. The topological polar surface area (TPSA) is 63.1 Å². The second-order valence-electron chi connectivity index (χ2n) is 6.86. The van der Waals surface area contributed by atoms with Crippen molar-refractivity contribution in [3.05, 3.63) is 90.0 Å². The number of nitrogens with one attached hydrogen (secondary N) is 1. The highest BCUT2D eigenvalue weighted by atomic mass is 16.2. The van der Waals surface area contributed by atoms with Crippen molar-refractivity contribution in [3.8, 4) is 0 Å². The van der Waals surface area contributed by atoms with E-state index in [1.807, 2.05) is 35.2 Å². The van der Waals surface area contributed by atoms with Gasteiger partial charge >= 0.3 is 6.03 Å². The van der Waals surface area contributed by atoms with Gasteiger partial charge in [0.05, 0.1) is 6.54 Å². The SMILES string of the molecule is O=C(NCc1ccc(Cn2cncn2)cc1)N1CC=C(c2ccccc2)CC1. The summed E-state index contributed by atoms with van der Waals surface area (Å²) in [7, 11) is 0. The predicted octanol–water partition coefficient (Wildman–Crippen LogP) is 3.33. The third-order valence-electron chi connectivity index (χ3n) is 4.92. The zero-order chi connectivity index (χ0) is 19.2. The Morgan fingerprint density at radius 1 is 1.04 bits per heavy atom. The molecule has 6 nitrogen and oxygen atoms in total. The summed E-state index contributed by atoms with van der Waals surface area (Å²) in [6.07, 6.45) is 6.26. The van der Waals surface area contributed by atoms with Crippen molar-refractivity contribution in [2.75, 3.05) is 13.1 Å². The summed E-state index contributed by atoms with van der Waals surface area (Å²) in [6.45, 7) is 2.60. The van der Waals surface area contributed by atoms with Crippen molar-refractivity contribution in [1.29, 1.82) is 0 Å². The summed E-state index contributed by atoms with van der Waals surface area (Å²) < 4.78 is 1.78. The minimum atomic E-state index is -0.0185. The maximum atomic E-state index is 12.5. The van der Waals surface area contributed by atoms with Gasteiger partial charge in [-0.05, 0) is 28.7 Å². The summed E-state index contributed by atoms with van der Waals surface area (Å²) in [5, 5.41) is 7.13. The summed E-state index contributed by atoms with van der Waals surface area (Å²) >= 11 is 0. The molecule has 0 bridgehead atoms. The second-order valence-corrected chi connectivity index (χ2v) is 6.86. The normalized spacial score (nSPS) is 13.9. The molecule has 0 spiro atoms. The van der Waals surface area contributed by atoms with Crippen LogP contribution in [-0.4, -0.2) is 38.8 Å². The van der Waals surface area contributed by atoms with Crippen LogP contribution < -0.4 is 5.32 Å². The van der Waals surface area contributed by atoms with Crippen LogP contribution >= 0.6 is 0 Å². The number of carbonyl (C=O) groups excluding carboxylic acids is 1. The molecule has 0 unspecified atom stereocenters. The lowest BCUT2D eigenvalue weighted by molar-refractivity contribution is 0.202. The van der Waals surface area contributed by atoms with Gasteiger partial charge in [0.25, 0.3) is 0 Å². The maximum Gasteiger partial charge on any atom is 0.317 e. The average molecular weight is 373 g/mol. The lowest BCUT2D eigenvalue weighted by Gasteiger charge is -2.27. The third kappa shape index (κ3) is 4.46. The van der Waals surface area contributed by atoms with Crippen molar-refractivity contribution < 1.29 is 4.79 Å². The number of urea groups is 1. The maximum absolute atomic E-state index is 12.5. The van der Waals surface area contributed by atoms with Crippen LogP contribution in [0.4, 0.5) is 4.79 Å². The molecule has 0 aliphatic carbocycles. The van der Waals surface area contributed by atoms with E-state index in [0.29, 0.717) is 19.6 Å². The van der Waals surface area contributed by atoms with Gasteiger partial charge in [0.2, 0.25) is 0 Å². The molecule has 6 heteroatoms. The molecule has 0 fully saturated rings. The largest absolute Gasteiger partial charge is 0.334 e. The van der Waals surface area contributed by atoms with Crippen LogP contribution in [0, 0.1) is 0 Å². The van der Waals surface area contributed by atoms with E-state index < -0.39 is 0 Å². The molecule has 4 rings (SSSR count). The Kier molecular flexibility index (Phi) is 5.47. The first kappa shape index (κ1) is 18.0. The van der Waals surface area contributed by atoms with E-state index in [1.54, 1.807) is 11.0 Å². The van der Waals surface area contributed by atoms with Gasteiger partial charge in [-0.3, -0.25) is 0 Å². The van der Waals surface area contributed by atoms with E-state index in [1.165, 1.54) is 17.5 Å². The Morgan fingerprint density at radius 3 is 2.50 bits per heavy atom. The summed E-state index contributed by atoms with van der Waals surface area (Å²) in [6, 6.07) is 18.5. The average Bonchev–Trinajstić information content (AvgIpc) is 3.27. The lowest BCUT2D eigenvalue weighted by atomic mass is 10.00. The van der Waals surface area contributed by atoms with Crippen LogP contribution in [0.3, 0.4) is 0 Å². The van der Waals surface area contributed by atoms with Gasteiger partial charge in [-0.15, -0.1) is 0 Å². The van der Waals surface area contributed by atoms with Gasteiger partial charge < -0.3 is 10.2 Å². The zero-order valence-corrected chi connectivity index (χ0v) is 15.7. The van der Waals surface area contributed by atoms with Crippen LogP contribution in [-0.2, 0) is 13.1 Å². The Hall–Kier alpha value is -3.41. The highest BCUT2D eigenvalue weighted by molar-refractivity contribution is 5.76. The van der Waals surface area contributed by atoms with E-state index in [9.17, 15) is 4.79 Å². The number of hydrogen-bond acceptors (Lipinski definition) is 3. The first-order valence-corrected chi connectivity index (χ1v) is 9.45. The van der Waals surface area contributed by atoms with Gasteiger partial charge in [-0.1, -0.05) is 60.7 Å². The van der Waals surface area contributed by atoms with Gasteiger partial charge in [-0.25, -0.2) is 14.5 Å². The highest BCUT2D eigenvalue weighted by Crippen LogP contribution is 2.21. The fourth-order valence-corrected chi connectivity index (χ4v) is 3.32. The molecular weight excluding hydrogens is 350 g/mol. The molecule has 0 radical (unpaired) electrons. The minimum Gasteiger partial charge on any atom is -0.334 e. The monoisotopic (exact) mass is 373 g/mol. The number of amides is 2. The van der Waals surface area contributed by atoms with E-state index in [2.05, 4.69) is 45.7 Å². The Bertz CT molecular complexity index is 933. The number of carbonyl (C=O) groups is 1. The van der Waals surface area contributed by atoms with E-state index in [0.717, 1.165) is 24.1 Å². The fourth-order valence-electron chi connectivity index (χ4n) is 3.32. The Morgan fingerprint density at radius 2 is 1.82 bits per heavy atom. The van der Waals surface area contributed by atoms with E-state index in [-0.39, 0.29) is 6.03 Å². The number of benzene rings is 2. The Balaban J connectivity index is 1.27. The predicted molar refractivity (Wildman–Crippen MR) is 108 cm³/mol. The summed E-state index contributed by atoms with van der Waals surface area (Å²) in [4.78, 5) is 18.3. The number of rotatable bonds is 5. The minimum absolute atomic E-state index is 0.0185. The second kappa shape index (κ2) is 8.52. The van der Waals surface area contributed by atoms with Crippen molar-refractivity contribution in [2.24, 2.45) is 0 Å². The molecular formula is C22H23N5O. The molecule has 142 valence electrons. The molecule has 2 aromatic carbocycles. The van der Waals surface area contributed by atoms with Crippen molar-refractivity contribution in [2.45, 2.75) is 19.5 Å². The van der Waals surface area contributed by atoms with Gasteiger partial charge in [-0.2, -0.15) is 5.10 Å². The highest BCUT2D eigenvalue weighted by Gasteiger charge is 2.17. The van der Waals surface area contributed by atoms with Crippen LogP contribution in [0.1, 0.15) is 23.1 Å². The standard InChI is InChI=1S/C22H23N5O/c28-22(26-12-10-21(11-13-26)20-4-2-1-3-5-20)24-14-18-6-8-19(9-7-18)15-27-17-23-16-25-27/h1-10,16-17H,11-15H2,(H,24,28). The van der Waals surface area contributed by atoms with Crippen LogP contribution in [0.5, 0.6) is 0 Å². The lowest BCUT2D eigenvalue weighted by Crippen LogP contribution is -2.41. The molecule has 2 amide bonds. The van der Waals surface area contributed by atoms with Crippen LogP contribution in [0.2, 0.25) is 0 Å². The van der Waals surface area contributed by atoms with Crippen LogP contribution in [0.25, 0.3) is 5.57 Å². The first-order chi connectivity index (χ1) is 13.8. The molecule has 0 saturated heterocycles. The summed E-state index contributed by atoms with van der Waals surface area (Å²) in [5.74, 6) is 0. The molecule has 1 aromatic heterocycles. The van der Waals surface area contributed by atoms with Gasteiger partial charge in [0.15, 0.2) is 0 Å². The Labute approximate surface area is 164 Å². The third-order valence-corrected chi connectivity index (χ3v) is 4.92. The number of hydrogen-bond donors (Lipinski definition) is 1. The first-order valence-electron chi connectivity index (χ1n) is 9.45. The summed E-state index contributed by atoms with van der Waals surface area (Å²) in [5.41, 5.74) is 4.78. The quantitative estimate of drug-likeness (QED) is 0.746. The van der Waals surface area contributed by atoms with Gasteiger partial charge in [0, 0.05) is 19.6 Å². The molecule has 28 heavy (non-hydrogen) atoms. The van der Waals surface area contributed by atoms with E-state index in [4.69, 9.17) is 0 Å². The smallest absolute Gasteiger partial charge is 0.317 e. The van der Waals surface area contributed by atoms with Gasteiger partial charge in [0.1, 0.15) is 12.7 Å². The number of nitrogens with zero attached hydrogens (tertiary/aromatic N) is 4. The molecule has 0 saturated carbocycles. The zero-order valence-electron chi connectivity index (χ0n) is 15.7. The molecule has 2 heterocycles. The van der Waals surface area contributed by atoms with Crippen molar-refractivity contribution in [3.63, 3.8) is 0 Å². The molecule has 1 aliphatic rings. The molecule has 3 aromatic rings. The van der Waals surface area contributed by atoms with Crippen molar-refractivity contribution in [1.82, 2.24) is 25.0 Å². The molecule has 1 N–H and O–H groups in total.